The van der Waals surface area contributed by atoms with Crippen LogP contribution in [0.1, 0.15) is 16.8 Å². The molecule has 2 heterocycles. The third-order valence-corrected chi connectivity index (χ3v) is 3.77. The largest absolute Gasteiger partial charge is 0.471 e. The molecule has 0 saturated heterocycles. The number of aromatic nitrogens is 3. The zero-order valence-electron chi connectivity index (χ0n) is 14.3. The molecule has 0 fully saturated rings. The molecular formula is C22H14FN3O. The average molecular weight is 355 g/mol. The molecule has 0 atom stereocenters. The number of hydrogen-bond donors (Lipinski definition) is 0. The summed E-state index contributed by atoms with van der Waals surface area (Å²) in [6.07, 6.45) is 1.65. The summed E-state index contributed by atoms with van der Waals surface area (Å²) in [5.74, 6) is 6.04. The first-order valence-corrected chi connectivity index (χ1v) is 8.35. The highest BCUT2D eigenvalue weighted by Gasteiger charge is 2.10. The summed E-state index contributed by atoms with van der Waals surface area (Å²) in [5, 5.41) is 0. The predicted molar refractivity (Wildman–Crippen MR) is 100 cm³/mol. The van der Waals surface area contributed by atoms with Gasteiger partial charge >= 0.3 is 0 Å². The first kappa shape index (κ1) is 16.7. The third kappa shape index (κ3) is 4.07. The Morgan fingerprint density at radius 3 is 2.63 bits per heavy atom. The molecule has 0 amide bonds. The number of nitrogens with zero attached hydrogens (tertiary/aromatic N) is 3. The first-order chi connectivity index (χ1) is 13.3. The van der Waals surface area contributed by atoms with Crippen LogP contribution in [0.2, 0.25) is 0 Å². The van der Waals surface area contributed by atoms with Crippen LogP contribution in [-0.4, -0.2) is 15.0 Å². The Balaban J connectivity index is 1.70. The summed E-state index contributed by atoms with van der Waals surface area (Å²) in [4.78, 5) is 13.2. The van der Waals surface area contributed by atoms with E-state index >= 15 is 0 Å². The van der Waals surface area contributed by atoms with E-state index in [1.807, 2.05) is 30.3 Å². The van der Waals surface area contributed by atoms with Gasteiger partial charge in [-0.1, -0.05) is 36.3 Å². The molecule has 0 aliphatic heterocycles. The molecule has 2 aromatic heterocycles. The Kier molecular flexibility index (Phi) is 4.71. The summed E-state index contributed by atoms with van der Waals surface area (Å²) in [5.41, 5.74) is 3.05. The molecule has 130 valence electrons. The molecule has 5 heteroatoms. The molecule has 4 aromatic rings. The van der Waals surface area contributed by atoms with Gasteiger partial charge in [0.1, 0.15) is 17.9 Å². The zero-order valence-corrected chi connectivity index (χ0v) is 14.3. The Morgan fingerprint density at radius 2 is 1.78 bits per heavy atom. The van der Waals surface area contributed by atoms with E-state index in [1.165, 1.54) is 12.1 Å². The van der Waals surface area contributed by atoms with E-state index in [1.54, 1.807) is 30.5 Å². The van der Waals surface area contributed by atoms with Crippen LogP contribution in [0.5, 0.6) is 5.88 Å². The average Bonchev–Trinajstić information content (AvgIpc) is 2.71. The molecule has 4 nitrogen and oxygen atoms in total. The highest BCUT2D eigenvalue weighted by atomic mass is 19.1. The van der Waals surface area contributed by atoms with Gasteiger partial charge < -0.3 is 4.74 Å². The minimum atomic E-state index is -0.311. The van der Waals surface area contributed by atoms with Crippen molar-refractivity contribution in [2.24, 2.45) is 0 Å². The Bertz CT molecular complexity index is 1150. The van der Waals surface area contributed by atoms with Gasteiger partial charge in [-0.3, -0.25) is 0 Å². The van der Waals surface area contributed by atoms with Gasteiger partial charge in [0, 0.05) is 11.8 Å². The molecule has 0 unspecified atom stereocenters. The van der Waals surface area contributed by atoms with Crippen molar-refractivity contribution in [3.8, 4) is 17.7 Å². The van der Waals surface area contributed by atoms with E-state index in [-0.39, 0.29) is 12.4 Å². The quantitative estimate of drug-likeness (QED) is 0.518. The maximum atomic E-state index is 13.4. The number of fused-ring (bicyclic) bond motifs is 1. The van der Waals surface area contributed by atoms with Crippen LogP contribution in [0.4, 0.5) is 4.39 Å². The van der Waals surface area contributed by atoms with Crippen molar-refractivity contribution in [3.05, 3.63) is 95.6 Å². The van der Waals surface area contributed by atoms with Crippen molar-refractivity contribution in [3.63, 3.8) is 0 Å². The minimum absolute atomic E-state index is 0.165. The van der Waals surface area contributed by atoms with E-state index in [9.17, 15) is 4.39 Å². The van der Waals surface area contributed by atoms with E-state index in [0.717, 1.165) is 5.56 Å². The fourth-order valence-corrected chi connectivity index (χ4v) is 2.49. The molecule has 0 aliphatic carbocycles. The number of rotatable bonds is 3. The van der Waals surface area contributed by atoms with Crippen LogP contribution < -0.4 is 4.74 Å². The molecule has 0 spiro atoms. The standard InChI is InChI=1S/C22H14FN3O/c23-18-9-4-8-17(14-18)15-27-22-20(12-11-16-6-2-1-3-7-16)25-21-19(26-22)10-5-13-24-21/h1-10,13-14H,15H2. The van der Waals surface area contributed by atoms with Gasteiger partial charge in [0.25, 0.3) is 0 Å². The third-order valence-electron chi connectivity index (χ3n) is 3.77. The highest BCUT2D eigenvalue weighted by molar-refractivity contribution is 5.71. The van der Waals surface area contributed by atoms with Gasteiger partial charge in [-0.05, 0) is 47.9 Å². The summed E-state index contributed by atoms with van der Waals surface area (Å²) in [6.45, 7) is 0.165. The van der Waals surface area contributed by atoms with Gasteiger partial charge in [-0.2, -0.15) is 0 Å². The van der Waals surface area contributed by atoms with E-state index in [2.05, 4.69) is 26.8 Å². The highest BCUT2D eigenvalue weighted by Crippen LogP contribution is 2.18. The molecule has 2 aromatic carbocycles. The molecule has 0 radical (unpaired) electrons. The van der Waals surface area contributed by atoms with E-state index in [4.69, 9.17) is 4.74 Å². The van der Waals surface area contributed by atoms with Crippen LogP contribution in [-0.2, 0) is 6.61 Å². The topological polar surface area (TPSA) is 47.9 Å². The van der Waals surface area contributed by atoms with Crippen molar-refractivity contribution in [1.29, 1.82) is 0 Å². The van der Waals surface area contributed by atoms with Crippen LogP contribution >= 0.6 is 0 Å². The van der Waals surface area contributed by atoms with Crippen molar-refractivity contribution in [2.45, 2.75) is 6.61 Å². The number of halogens is 1. The van der Waals surface area contributed by atoms with Gasteiger partial charge in [0.05, 0.1) is 0 Å². The Labute approximate surface area is 155 Å². The predicted octanol–water partition coefficient (Wildman–Crippen LogP) is 4.14. The van der Waals surface area contributed by atoms with Crippen molar-refractivity contribution < 1.29 is 9.13 Å². The summed E-state index contributed by atoms with van der Waals surface area (Å²) >= 11 is 0. The van der Waals surface area contributed by atoms with Crippen LogP contribution in [0.15, 0.2) is 72.9 Å². The van der Waals surface area contributed by atoms with Gasteiger partial charge in [0.2, 0.25) is 5.88 Å². The smallest absolute Gasteiger partial charge is 0.250 e. The maximum absolute atomic E-state index is 13.4. The van der Waals surface area contributed by atoms with Crippen LogP contribution in [0, 0.1) is 17.7 Å². The number of benzene rings is 2. The second-order valence-corrected chi connectivity index (χ2v) is 5.76. The van der Waals surface area contributed by atoms with Gasteiger partial charge in [-0.25, -0.2) is 19.3 Å². The normalized spacial score (nSPS) is 10.3. The fraction of sp³-hybridized carbons (Fsp3) is 0.0455. The second-order valence-electron chi connectivity index (χ2n) is 5.76. The molecule has 0 bridgehead atoms. The monoisotopic (exact) mass is 355 g/mol. The van der Waals surface area contributed by atoms with E-state index in [0.29, 0.717) is 28.3 Å². The Hall–Kier alpha value is -3.78. The molecule has 0 aliphatic rings. The SMILES string of the molecule is Fc1cccc(COc2nc3cccnc3nc2C#Cc2ccccc2)c1. The maximum Gasteiger partial charge on any atom is 0.250 e. The Morgan fingerprint density at radius 1 is 0.889 bits per heavy atom. The molecule has 4 rings (SSSR count). The fourth-order valence-electron chi connectivity index (χ4n) is 2.49. The summed E-state index contributed by atoms with van der Waals surface area (Å²) < 4.78 is 19.2. The molecule has 27 heavy (non-hydrogen) atoms. The van der Waals surface area contributed by atoms with Crippen molar-refractivity contribution >= 4 is 11.2 Å². The second kappa shape index (κ2) is 7.63. The lowest BCUT2D eigenvalue weighted by Gasteiger charge is -2.08. The lowest BCUT2D eigenvalue weighted by molar-refractivity contribution is 0.292. The van der Waals surface area contributed by atoms with Crippen molar-refractivity contribution in [1.82, 2.24) is 15.0 Å². The molecule has 0 N–H and O–H groups in total. The molecule has 0 saturated carbocycles. The first-order valence-electron chi connectivity index (χ1n) is 8.35. The minimum Gasteiger partial charge on any atom is -0.471 e. The van der Waals surface area contributed by atoms with Crippen LogP contribution in [0.25, 0.3) is 11.2 Å². The van der Waals surface area contributed by atoms with E-state index < -0.39 is 0 Å². The summed E-state index contributed by atoms with van der Waals surface area (Å²) in [7, 11) is 0. The lowest BCUT2D eigenvalue weighted by atomic mass is 10.2. The molecular weight excluding hydrogens is 341 g/mol. The zero-order chi connectivity index (χ0) is 18.5. The lowest BCUT2D eigenvalue weighted by Crippen LogP contribution is -2.02. The summed E-state index contributed by atoms with van der Waals surface area (Å²) in [6, 6.07) is 19.4. The van der Waals surface area contributed by atoms with Crippen LogP contribution in [0.3, 0.4) is 0 Å². The number of pyridine rings is 1. The van der Waals surface area contributed by atoms with Gasteiger partial charge in [0.15, 0.2) is 11.3 Å². The van der Waals surface area contributed by atoms with Crippen molar-refractivity contribution in [2.75, 3.05) is 0 Å². The number of ether oxygens (including phenoxy) is 1. The van der Waals surface area contributed by atoms with Gasteiger partial charge in [-0.15, -0.1) is 0 Å². The number of hydrogen-bond acceptors (Lipinski definition) is 4.